The van der Waals surface area contributed by atoms with Gasteiger partial charge in [0, 0.05) is 5.56 Å². The van der Waals surface area contributed by atoms with E-state index in [0.717, 1.165) is 11.1 Å². The number of methoxy groups -OCH3 is 1. The fraction of sp³-hybridized carbons (Fsp3) is 0.300. The molecular formula is C20H24N2O4. The summed E-state index contributed by atoms with van der Waals surface area (Å²) in [6.07, 6.45) is 1.52. The molecule has 6 nitrogen and oxygen atoms in total. The second-order valence-corrected chi connectivity index (χ2v) is 5.66. The minimum Gasteiger partial charge on any atom is -0.493 e. The number of benzene rings is 2. The fourth-order valence-corrected chi connectivity index (χ4v) is 2.31. The minimum atomic E-state index is -0.344. The van der Waals surface area contributed by atoms with Crippen molar-refractivity contribution in [3.8, 4) is 17.2 Å². The standard InChI is InChI=1S/C20H24N2O4/c1-5-25-20-16(7-6-8-17(20)24-4)12-21-22-19(23)13-26-18-11-14(2)9-10-15(18)3/h6-12H,5,13H2,1-4H3,(H,22,23)/b21-12+. The molecule has 0 saturated heterocycles. The molecule has 0 heterocycles. The van der Waals surface area contributed by atoms with Crippen molar-refractivity contribution in [1.82, 2.24) is 5.43 Å². The highest BCUT2D eigenvalue weighted by molar-refractivity contribution is 5.86. The van der Waals surface area contributed by atoms with Crippen LogP contribution in [0.4, 0.5) is 0 Å². The highest BCUT2D eigenvalue weighted by Crippen LogP contribution is 2.29. The third kappa shape index (κ3) is 5.24. The first kappa shape index (κ1) is 19.3. The summed E-state index contributed by atoms with van der Waals surface area (Å²) in [6.45, 7) is 6.18. The Morgan fingerprint density at radius 1 is 1.15 bits per heavy atom. The molecule has 138 valence electrons. The van der Waals surface area contributed by atoms with Crippen LogP contribution in [-0.2, 0) is 4.79 Å². The van der Waals surface area contributed by atoms with Crippen molar-refractivity contribution >= 4 is 12.1 Å². The molecule has 2 aromatic rings. The van der Waals surface area contributed by atoms with Crippen LogP contribution in [0, 0.1) is 13.8 Å². The number of hydrazone groups is 1. The third-order valence-corrected chi connectivity index (χ3v) is 3.61. The molecule has 1 amide bonds. The van der Waals surface area contributed by atoms with Crippen LogP contribution in [0.3, 0.4) is 0 Å². The predicted molar refractivity (Wildman–Crippen MR) is 101 cm³/mol. The van der Waals surface area contributed by atoms with E-state index in [9.17, 15) is 4.79 Å². The first-order valence-corrected chi connectivity index (χ1v) is 8.37. The summed E-state index contributed by atoms with van der Waals surface area (Å²) < 4.78 is 16.4. The SMILES string of the molecule is CCOc1c(/C=N/NC(=O)COc2cc(C)ccc2C)cccc1OC. The molecule has 1 N–H and O–H groups in total. The molecule has 0 saturated carbocycles. The Balaban J connectivity index is 1.96. The smallest absolute Gasteiger partial charge is 0.277 e. The van der Waals surface area contributed by atoms with Crippen LogP contribution < -0.4 is 19.6 Å². The molecule has 0 aliphatic carbocycles. The summed E-state index contributed by atoms with van der Waals surface area (Å²) in [4.78, 5) is 11.9. The van der Waals surface area contributed by atoms with E-state index in [2.05, 4.69) is 10.5 Å². The van der Waals surface area contributed by atoms with Crippen LogP contribution in [0.25, 0.3) is 0 Å². The number of aryl methyl sites for hydroxylation is 2. The Morgan fingerprint density at radius 3 is 2.69 bits per heavy atom. The van der Waals surface area contributed by atoms with Crippen molar-refractivity contribution in [3.63, 3.8) is 0 Å². The predicted octanol–water partition coefficient (Wildman–Crippen LogP) is 3.24. The molecule has 0 aromatic heterocycles. The molecule has 0 aliphatic rings. The van der Waals surface area contributed by atoms with Gasteiger partial charge in [-0.25, -0.2) is 5.43 Å². The van der Waals surface area contributed by atoms with E-state index < -0.39 is 0 Å². The van der Waals surface area contributed by atoms with E-state index in [4.69, 9.17) is 14.2 Å². The van der Waals surface area contributed by atoms with Gasteiger partial charge in [-0.05, 0) is 50.1 Å². The van der Waals surface area contributed by atoms with Crippen molar-refractivity contribution < 1.29 is 19.0 Å². The Morgan fingerprint density at radius 2 is 1.96 bits per heavy atom. The van der Waals surface area contributed by atoms with Crippen LogP contribution in [-0.4, -0.2) is 32.4 Å². The van der Waals surface area contributed by atoms with Crippen LogP contribution in [0.5, 0.6) is 17.2 Å². The fourth-order valence-electron chi connectivity index (χ4n) is 2.31. The Hall–Kier alpha value is -3.02. The molecule has 0 atom stereocenters. The van der Waals surface area contributed by atoms with E-state index in [1.54, 1.807) is 13.2 Å². The lowest BCUT2D eigenvalue weighted by molar-refractivity contribution is -0.123. The molecular weight excluding hydrogens is 332 g/mol. The second kappa shape index (κ2) is 9.46. The van der Waals surface area contributed by atoms with Gasteiger partial charge >= 0.3 is 0 Å². The average molecular weight is 356 g/mol. The van der Waals surface area contributed by atoms with E-state index in [-0.39, 0.29) is 12.5 Å². The Kier molecular flexibility index (Phi) is 7.02. The summed E-state index contributed by atoms with van der Waals surface area (Å²) in [5, 5.41) is 3.97. The maximum Gasteiger partial charge on any atom is 0.277 e. The lowest BCUT2D eigenvalue weighted by Gasteiger charge is -2.11. The first-order valence-electron chi connectivity index (χ1n) is 8.37. The van der Waals surface area contributed by atoms with Gasteiger partial charge in [-0.3, -0.25) is 4.79 Å². The molecule has 6 heteroatoms. The van der Waals surface area contributed by atoms with Crippen LogP contribution >= 0.6 is 0 Å². The van der Waals surface area contributed by atoms with Crippen LogP contribution in [0.2, 0.25) is 0 Å². The molecule has 0 bridgehead atoms. The van der Waals surface area contributed by atoms with E-state index in [1.165, 1.54) is 6.21 Å². The van der Waals surface area contributed by atoms with Gasteiger partial charge in [-0.2, -0.15) is 5.10 Å². The number of carbonyl (C=O) groups is 1. The number of amides is 1. The zero-order valence-electron chi connectivity index (χ0n) is 15.5. The van der Waals surface area contributed by atoms with E-state index in [1.807, 2.05) is 51.1 Å². The zero-order valence-corrected chi connectivity index (χ0v) is 15.5. The highest BCUT2D eigenvalue weighted by Gasteiger charge is 2.09. The highest BCUT2D eigenvalue weighted by atomic mass is 16.5. The number of rotatable bonds is 8. The number of para-hydroxylation sites is 1. The Labute approximate surface area is 153 Å². The molecule has 26 heavy (non-hydrogen) atoms. The van der Waals surface area contributed by atoms with Gasteiger partial charge in [0.25, 0.3) is 5.91 Å². The lowest BCUT2D eigenvalue weighted by Crippen LogP contribution is -2.24. The summed E-state index contributed by atoms with van der Waals surface area (Å²) in [7, 11) is 1.57. The Bertz CT molecular complexity index is 787. The molecule has 2 aromatic carbocycles. The maximum absolute atomic E-state index is 11.9. The number of hydrogen-bond acceptors (Lipinski definition) is 5. The van der Waals surface area contributed by atoms with Gasteiger partial charge in [-0.1, -0.05) is 18.2 Å². The number of carbonyl (C=O) groups excluding carboxylic acids is 1. The number of ether oxygens (including phenoxy) is 3. The zero-order chi connectivity index (χ0) is 18.9. The molecule has 0 spiro atoms. The summed E-state index contributed by atoms with van der Waals surface area (Å²) in [6, 6.07) is 11.3. The third-order valence-electron chi connectivity index (χ3n) is 3.61. The number of nitrogens with one attached hydrogen (secondary N) is 1. The molecule has 0 unspecified atom stereocenters. The summed E-state index contributed by atoms with van der Waals surface area (Å²) in [5.74, 6) is 1.54. The van der Waals surface area contributed by atoms with Crippen LogP contribution in [0.1, 0.15) is 23.6 Å². The second-order valence-electron chi connectivity index (χ2n) is 5.66. The monoisotopic (exact) mass is 356 g/mol. The first-order chi connectivity index (χ1) is 12.5. The van der Waals surface area contributed by atoms with Crippen molar-refractivity contribution in [2.75, 3.05) is 20.3 Å². The maximum atomic E-state index is 11.9. The topological polar surface area (TPSA) is 69.2 Å². The van der Waals surface area contributed by atoms with Gasteiger partial charge in [0.15, 0.2) is 18.1 Å². The minimum absolute atomic E-state index is 0.113. The van der Waals surface area contributed by atoms with Gasteiger partial charge in [0.1, 0.15) is 5.75 Å². The van der Waals surface area contributed by atoms with Gasteiger partial charge in [-0.15, -0.1) is 0 Å². The normalized spacial score (nSPS) is 10.6. The van der Waals surface area contributed by atoms with Crippen molar-refractivity contribution in [3.05, 3.63) is 53.1 Å². The van der Waals surface area contributed by atoms with E-state index in [0.29, 0.717) is 29.4 Å². The number of hydrogen-bond donors (Lipinski definition) is 1. The van der Waals surface area contributed by atoms with Gasteiger partial charge < -0.3 is 14.2 Å². The largest absolute Gasteiger partial charge is 0.493 e. The van der Waals surface area contributed by atoms with Crippen molar-refractivity contribution in [2.45, 2.75) is 20.8 Å². The number of nitrogens with zero attached hydrogens (tertiary/aromatic N) is 1. The van der Waals surface area contributed by atoms with E-state index >= 15 is 0 Å². The molecule has 0 fully saturated rings. The summed E-state index contributed by atoms with van der Waals surface area (Å²) >= 11 is 0. The average Bonchev–Trinajstić information content (AvgIpc) is 2.63. The van der Waals surface area contributed by atoms with Gasteiger partial charge in [0.05, 0.1) is 19.9 Å². The van der Waals surface area contributed by atoms with Gasteiger partial charge in [0.2, 0.25) is 0 Å². The summed E-state index contributed by atoms with van der Waals surface area (Å²) in [5.41, 5.74) is 5.21. The van der Waals surface area contributed by atoms with Crippen LogP contribution in [0.15, 0.2) is 41.5 Å². The molecule has 0 aliphatic heterocycles. The molecule has 2 rings (SSSR count). The van der Waals surface area contributed by atoms with Crippen molar-refractivity contribution in [2.24, 2.45) is 5.10 Å². The molecule has 0 radical (unpaired) electrons. The van der Waals surface area contributed by atoms with Crippen molar-refractivity contribution in [1.29, 1.82) is 0 Å². The quantitative estimate of drug-likeness (QED) is 0.582. The lowest BCUT2D eigenvalue weighted by atomic mass is 10.1.